The Bertz CT molecular complexity index is 1170. The zero-order valence-corrected chi connectivity index (χ0v) is 17.3. The van der Waals surface area contributed by atoms with Crippen LogP contribution >= 0.6 is 22.9 Å². The molecule has 3 aromatic rings. The van der Waals surface area contributed by atoms with E-state index in [4.69, 9.17) is 27.8 Å². The molecule has 0 fully saturated rings. The van der Waals surface area contributed by atoms with Gasteiger partial charge in [-0.1, -0.05) is 17.7 Å². The average molecular weight is 444 g/mol. The normalized spacial score (nSPS) is 13.9. The lowest BCUT2D eigenvalue weighted by Crippen LogP contribution is -2.36. The molecule has 1 aliphatic carbocycles. The van der Waals surface area contributed by atoms with E-state index in [1.807, 2.05) is 12.1 Å². The molecule has 1 aromatic carbocycles. The van der Waals surface area contributed by atoms with E-state index in [0.717, 1.165) is 16.0 Å². The molecule has 0 aliphatic heterocycles. The van der Waals surface area contributed by atoms with Crippen LogP contribution in [0.4, 0.5) is 5.95 Å². The molecule has 0 saturated carbocycles. The van der Waals surface area contributed by atoms with Gasteiger partial charge in [0.15, 0.2) is 0 Å². The van der Waals surface area contributed by atoms with Crippen molar-refractivity contribution in [2.45, 2.75) is 12.0 Å². The fraction of sp³-hybridized carbons (Fsp3) is 0.200. The van der Waals surface area contributed by atoms with Crippen LogP contribution in [0.1, 0.15) is 16.8 Å². The number of carbonyl (C=O) groups is 2. The summed E-state index contributed by atoms with van der Waals surface area (Å²) in [7, 11) is 0. The van der Waals surface area contributed by atoms with Gasteiger partial charge in [0.05, 0.1) is 21.7 Å². The van der Waals surface area contributed by atoms with Crippen LogP contribution in [0.3, 0.4) is 0 Å². The molecule has 30 heavy (non-hydrogen) atoms. The molecular weight excluding hydrogens is 426 g/mol. The Hall–Kier alpha value is -3.01. The number of primary amides is 1. The molecule has 2 heterocycles. The predicted molar refractivity (Wildman–Crippen MR) is 117 cm³/mol. The zero-order chi connectivity index (χ0) is 21.3. The first-order valence-electron chi connectivity index (χ1n) is 9.16. The van der Waals surface area contributed by atoms with E-state index in [1.165, 1.54) is 29.7 Å². The van der Waals surface area contributed by atoms with Gasteiger partial charge < -0.3 is 21.5 Å². The van der Waals surface area contributed by atoms with E-state index in [1.54, 1.807) is 12.1 Å². The number of hydrogen-bond donors (Lipinski definition) is 3. The number of aromatic nitrogens is 2. The quantitative estimate of drug-likeness (QED) is 0.277. The van der Waals surface area contributed by atoms with Crippen molar-refractivity contribution >= 4 is 50.8 Å². The summed E-state index contributed by atoms with van der Waals surface area (Å²) in [4.78, 5) is 33.7. The first kappa shape index (κ1) is 20.3. The lowest BCUT2D eigenvalue weighted by atomic mass is 10.1. The van der Waals surface area contributed by atoms with Crippen LogP contribution in [-0.2, 0) is 9.53 Å². The Morgan fingerprint density at radius 3 is 2.80 bits per heavy atom. The number of halogens is 1. The van der Waals surface area contributed by atoms with Crippen LogP contribution in [-0.4, -0.2) is 40.5 Å². The molecule has 0 saturated heterocycles. The first-order valence-corrected chi connectivity index (χ1v) is 10.4. The smallest absolute Gasteiger partial charge is 0.340 e. The Labute approximate surface area is 180 Å². The molecule has 2 aromatic heterocycles. The van der Waals surface area contributed by atoms with Crippen LogP contribution in [0.25, 0.3) is 20.7 Å². The molecule has 8 nitrogen and oxygen atoms in total. The second-order valence-electron chi connectivity index (χ2n) is 6.67. The van der Waals surface area contributed by atoms with Crippen LogP contribution in [0.15, 0.2) is 42.6 Å². The van der Waals surface area contributed by atoms with Gasteiger partial charge in [-0.15, -0.1) is 11.3 Å². The van der Waals surface area contributed by atoms with Gasteiger partial charge in [-0.05, 0) is 43.3 Å². The van der Waals surface area contributed by atoms with Crippen LogP contribution in [0, 0.1) is 0 Å². The number of thiophene rings is 1. The van der Waals surface area contributed by atoms with Crippen LogP contribution < -0.4 is 16.8 Å². The van der Waals surface area contributed by atoms with Crippen LogP contribution in [0.2, 0.25) is 5.02 Å². The van der Waals surface area contributed by atoms with Gasteiger partial charge in [0.1, 0.15) is 5.69 Å². The average Bonchev–Trinajstić information content (AvgIpc) is 3.38. The summed E-state index contributed by atoms with van der Waals surface area (Å²) in [5.41, 5.74) is 10.3. The number of carbonyl (C=O) groups excluding carboxylic acids is 2. The SMILES string of the molecule is NCCCNc1ncc(Cl)c(-c2cc3c(C(=O)OC4(C(N)=O)C=C4)cccc3s2)n1. The summed E-state index contributed by atoms with van der Waals surface area (Å²) in [5.74, 6) is -0.911. The van der Waals surface area contributed by atoms with E-state index in [9.17, 15) is 9.59 Å². The fourth-order valence-corrected chi connectivity index (χ4v) is 4.19. The number of amides is 1. The van der Waals surface area contributed by atoms with Crippen molar-refractivity contribution in [2.75, 3.05) is 18.4 Å². The maximum atomic E-state index is 12.7. The third-order valence-corrected chi connectivity index (χ3v) is 5.92. The topological polar surface area (TPSA) is 133 Å². The number of hydrogen-bond acceptors (Lipinski definition) is 8. The summed E-state index contributed by atoms with van der Waals surface area (Å²) < 4.78 is 6.18. The van der Waals surface area contributed by atoms with Gasteiger partial charge in [0.25, 0.3) is 5.91 Å². The zero-order valence-electron chi connectivity index (χ0n) is 15.7. The Morgan fingerprint density at radius 1 is 1.30 bits per heavy atom. The highest BCUT2D eigenvalue weighted by Gasteiger charge is 2.45. The van der Waals surface area contributed by atoms with Gasteiger partial charge in [0.2, 0.25) is 11.5 Å². The van der Waals surface area contributed by atoms with E-state index in [2.05, 4.69) is 15.3 Å². The van der Waals surface area contributed by atoms with E-state index < -0.39 is 17.5 Å². The van der Waals surface area contributed by atoms with Gasteiger partial charge in [-0.2, -0.15) is 0 Å². The monoisotopic (exact) mass is 443 g/mol. The van der Waals surface area contributed by atoms with E-state index in [0.29, 0.717) is 40.7 Å². The lowest BCUT2D eigenvalue weighted by molar-refractivity contribution is -0.127. The minimum absolute atomic E-state index is 0.329. The molecule has 0 unspecified atom stereocenters. The van der Waals surface area contributed by atoms with Gasteiger partial charge >= 0.3 is 5.97 Å². The molecule has 0 bridgehead atoms. The summed E-state index contributed by atoms with van der Waals surface area (Å²) in [6.07, 6.45) is 5.22. The number of esters is 1. The third-order valence-electron chi connectivity index (χ3n) is 4.54. The number of nitrogens with two attached hydrogens (primary N) is 2. The number of fused-ring (bicyclic) bond motifs is 1. The number of benzene rings is 1. The maximum absolute atomic E-state index is 12.7. The Morgan fingerprint density at radius 2 is 2.10 bits per heavy atom. The standard InChI is InChI=1S/C20H18ClN5O3S/c21-13-10-25-19(24-8-2-7-22)26-16(13)15-9-12-11(3-1-4-14(12)30-15)17(27)29-20(5-6-20)18(23)28/h1,3-6,9-10H,2,7-8,22H2,(H2,23,28)(H,24,25,26). The molecule has 0 spiro atoms. The predicted octanol–water partition coefficient (Wildman–Crippen LogP) is 2.72. The highest BCUT2D eigenvalue weighted by atomic mass is 35.5. The number of anilines is 1. The van der Waals surface area contributed by atoms with E-state index in [-0.39, 0.29) is 0 Å². The number of rotatable bonds is 8. The Kier molecular flexibility index (Phi) is 5.42. The molecule has 4 rings (SSSR count). The van der Waals surface area contributed by atoms with Crippen molar-refractivity contribution in [3.63, 3.8) is 0 Å². The molecule has 0 radical (unpaired) electrons. The molecule has 0 atom stereocenters. The molecule has 10 heteroatoms. The molecular formula is C20H18ClN5O3S. The molecule has 5 N–H and O–H groups in total. The number of nitrogens with zero attached hydrogens (tertiary/aromatic N) is 2. The maximum Gasteiger partial charge on any atom is 0.340 e. The number of nitrogens with one attached hydrogen (secondary N) is 1. The lowest BCUT2D eigenvalue weighted by Gasteiger charge is -2.13. The third kappa shape index (κ3) is 3.87. The largest absolute Gasteiger partial charge is 0.437 e. The van der Waals surface area contributed by atoms with E-state index >= 15 is 0 Å². The minimum atomic E-state index is -1.42. The second-order valence-corrected chi connectivity index (χ2v) is 8.16. The van der Waals surface area contributed by atoms with Crippen molar-refractivity contribution in [1.82, 2.24) is 9.97 Å². The summed E-state index contributed by atoms with van der Waals surface area (Å²) in [6, 6.07) is 7.10. The highest BCUT2D eigenvalue weighted by molar-refractivity contribution is 7.22. The second kappa shape index (κ2) is 8.02. The van der Waals surface area contributed by atoms with Crippen LogP contribution in [0.5, 0.6) is 0 Å². The molecule has 1 aliphatic rings. The minimum Gasteiger partial charge on any atom is -0.437 e. The van der Waals surface area contributed by atoms with Crippen molar-refractivity contribution in [2.24, 2.45) is 11.5 Å². The summed E-state index contributed by atoms with van der Waals surface area (Å²) in [6.45, 7) is 1.21. The van der Waals surface area contributed by atoms with Crippen molar-refractivity contribution in [1.29, 1.82) is 0 Å². The number of ether oxygens (including phenoxy) is 1. The van der Waals surface area contributed by atoms with Gasteiger partial charge in [0, 0.05) is 16.6 Å². The van der Waals surface area contributed by atoms with Crippen molar-refractivity contribution in [3.05, 3.63) is 53.2 Å². The Balaban J connectivity index is 1.66. The first-order chi connectivity index (χ1) is 14.4. The molecule has 154 valence electrons. The summed E-state index contributed by atoms with van der Waals surface area (Å²) in [5, 5.41) is 4.18. The van der Waals surface area contributed by atoms with Crippen molar-refractivity contribution < 1.29 is 14.3 Å². The fourth-order valence-electron chi connectivity index (χ4n) is 2.85. The van der Waals surface area contributed by atoms with Gasteiger partial charge in [-0.25, -0.2) is 14.8 Å². The summed E-state index contributed by atoms with van der Waals surface area (Å²) >= 11 is 7.77. The van der Waals surface area contributed by atoms with Gasteiger partial charge in [-0.3, -0.25) is 4.79 Å². The van der Waals surface area contributed by atoms with Crippen molar-refractivity contribution in [3.8, 4) is 10.6 Å². The highest BCUT2D eigenvalue weighted by Crippen LogP contribution is 2.38. The molecule has 1 amide bonds.